The quantitative estimate of drug-likeness (QED) is 0.367. The Morgan fingerprint density at radius 2 is 1.84 bits per heavy atom. The largest absolute Gasteiger partial charge is 1.00 e. The van der Waals surface area contributed by atoms with Gasteiger partial charge in [-0.3, -0.25) is 14.6 Å². The number of carbonyl (C=O) groups excluding carboxylic acids is 1. The number of rotatable bonds is 3. The Balaban J connectivity index is 0.000000631. The van der Waals surface area contributed by atoms with Crippen molar-refractivity contribution in [3.05, 3.63) is 89.1 Å². The zero-order valence-corrected chi connectivity index (χ0v) is 20.3. The molecule has 1 aliphatic heterocycles. The molecule has 1 aromatic heterocycles. The van der Waals surface area contributed by atoms with E-state index in [9.17, 15) is 4.79 Å². The molecule has 2 aromatic carbocycles. The molecule has 2 heterocycles. The minimum Gasteiger partial charge on any atom is -0.481 e. The van der Waals surface area contributed by atoms with Crippen LogP contribution in [0.5, 0.6) is 0 Å². The number of aromatic nitrogens is 1. The second-order valence-corrected chi connectivity index (χ2v) is 7.43. The minimum atomic E-state index is -0.833. The van der Waals surface area contributed by atoms with Gasteiger partial charge < -0.3 is 15.0 Å². The number of amidine groups is 1. The van der Waals surface area contributed by atoms with Crippen LogP contribution in [0, 0.1) is 13.0 Å². The fourth-order valence-electron chi connectivity index (χ4n) is 2.76. The van der Waals surface area contributed by atoms with E-state index < -0.39 is 5.97 Å². The van der Waals surface area contributed by atoms with Crippen LogP contribution in [0.3, 0.4) is 0 Å². The van der Waals surface area contributed by atoms with E-state index in [1.807, 2.05) is 48.8 Å². The molecule has 4 rings (SSSR count). The first kappa shape index (κ1) is 24.7. The van der Waals surface area contributed by atoms with Gasteiger partial charge in [-0.2, -0.15) is 18.2 Å². The second kappa shape index (κ2) is 11.7. The van der Waals surface area contributed by atoms with Crippen molar-refractivity contribution < 1.29 is 44.3 Å². The molecule has 152 valence electrons. The molecular weight excluding hydrogens is 421 g/mol. The molecule has 8 heteroatoms. The minimum absolute atomic E-state index is 0. The maximum absolute atomic E-state index is 12.2. The SMILES string of the molecule is CC(=O)O.Cc1cc(/C=C2\SC(=Nc3cc[c-]cc3)NC2=O)ccc1-n1cccc1.[Na+]. The normalized spacial score (nSPS) is 15.1. The van der Waals surface area contributed by atoms with Crippen LogP contribution >= 0.6 is 11.8 Å². The van der Waals surface area contributed by atoms with Crippen molar-refractivity contribution in [2.24, 2.45) is 4.99 Å². The Bertz CT molecular complexity index is 1110. The Morgan fingerprint density at radius 3 is 2.45 bits per heavy atom. The van der Waals surface area contributed by atoms with Gasteiger partial charge in [0.1, 0.15) is 0 Å². The number of nitrogens with one attached hydrogen (secondary N) is 1. The number of hydrogen-bond acceptors (Lipinski definition) is 4. The van der Waals surface area contributed by atoms with E-state index in [1.165, 1.54) is 11.8 Å². The van der Waals surface area contributed by atoms with Gasteiger partial charge in [-0.15, -0.1) is 12.1 Å². The number of benzene rings is 2. The molecule has 1 amide bonds. The van der Waals surface area contributed by atoms with Gasteiger partial charge in [0.05, 0.1) is 4.91 Å². The third kappa shape index (κ3) is 7.25. The predicted molar refractivity (Wildman–Crippen MR) is 120 cm³/mol. The number of aliphatic imine (C=N–C) groups is 1. The summed E-state index contributed by atoms with van der Waals surface area (Å²) in [5.41, 5.74) is 4.06. The fraction of sp³-hybridized carbons (Fsp3) is 0.0870. The number of thioether (sulfide) groups is 1. The molecule has 0 unspecified atom stereocenters. The number of aryl methyl sites for hydroxylation is 1. The first-order valence-electron chi connectivity index (χ1n) is 9.11. The van der Waals surface area contributed by atoms with Gasteiger partial charge in [0.15, 0.2) is 5.17 Å². The van der Waals surface area contributed by atoms with Crippen molar-refractivity contribution in [2.75, 3.05) is 0 Å². The van der Waals surface area contributed by atoms with Gasteiger partial charge >= 0.3 is 29.6 Å². The van der Waals surface area contributed by atoms with Crippen molar-refractivity contribution in [1.29, 1.82) is 0 Å². The summed E-state index contributed by atoms with van der Waals surface area (Å²) in [7, 11) is 0. The van der Waals surface area contributed by atoms with Crippen LogP contribution in [0.4, 0.5) is 5.69 Å². The summed E-state index contributed by atoms with van der Waals surface area (Å²) < 4.78 is 2.07. The maximum Gasteiger partial charge on any atom is 1.00 e. The van der Waals surface area contributed by atoms with Crippen molar-refractivity contribution in [3.8, 4) is 5.69 Å². The van der Waals surface area contributed by atoms with Gasteiger partial charge in [-0.05, 0) is 65.8 Å². The summed E-state index contributed by atoms with van der Waals surface area (Å²) in [4.78, 5) is 26.3. The van der Waals surface area contributed by atoms with Crippen LogP contribution in [0.1, 0.15) is 18.1 Å². The van der Waals surface area contributed by atoms with E-state index in [0.717, 1.165) is 29.4 Å². The van der Waals surface area contributed by atoms with Crippen molar-refractivity contribution >= 4 is 40.6 Å². The summed E-state index contributed by atoms with van der Waals surface area (Å²) in [6, 6.07) is 20.4. The van der Waals surface area contributed by atoms with E-state index in [-0.39, 0.29) is 35.5 Å². The molecule has 0 spiro atoms. The Kier molecular flexibility index (Phi) is 9.33. The van der Waals surface area contributed by atoms with Crippen LogP contribution in [0.25, 0.3) is 11.8 Å². The number of carbonyl (C=O) groups is 2. The molecule has 0 radical (unpaired) electrons. The van der Waals surface area contributed by atoms with E-state index in [2.05, 4.69) is 40.0 Å². The number of aliphatic carboxylic acids is 1. The molecule has 0 bridgehead atoms. The summed E-state index contributed by atoms with van der Waals surface area (Å²) in [5.74, 6) is -0.955. The van der Waals surface area contributed by atoms with E-state index >= 15 is 0 Å². The summed E-state index contributed by atoms with van der Waals surface area (Å²) in [6.07, 6.45) is 5.93. The van der Waals surface area contributed by atoms with Crippen LogP contribution in [-0.4, -0.2) is 26.7 Å². The zero-order chi connectivity index (χ0) is 21.5. The predicted octanol–water partition coefficient (Wildman–Crippen LogP) is 1.57. The third-order valence-electron chi connectivity index (χ3n) is 3.98. The Labute approximate surface area is 207 Å². The van der Waals surface area contributed by atoms with E-state index in [0.29, 0.717) is 10.1 Å². The van der Waals surface area contributed by atoms with Crippen LogP contribution in [0.2, 0.25) is 0 Å². The first-order valence-corrected chi connectivity index (χ1v) is 9.93. The van der Waals surface area contributed by atoms with Gasteiger partial charge in [-0.25, -0.2) is 0 Å². The van der Waals surface area contributed by atoms with Crippen molar-refractivity contribution in [3.63, 3.8) is 0 Å². The van der Waals surface area contributed by atoms with E-state index in [1.54, 1.807) is 12.1 Å². The summed E-state index contributed by atoms with van der Waals surface area (Å²) in [5, 5.41) is 10.8. The van der Waals surface area contributed by atoms with Gasteiger partial charge in [0.25, 0.3) is 11.9 Å². The average Bonchev–Trinajstić information content (AvgIpc) is 3.33. The molecule has 1 saturated heterocycles. The van der Waals surface area contributed by atoms with Crippen molar-refractivity contribution in [2.45, 2.75) is 13.8 Å². The number of hydrogen-bond donors (Lipinski definition) is 2. The average molecular weight is 441 g/mol. The molecule has 0 atom stereocenters. The fourth-order valence-corrected chi connectivity index (χ4v) is 3.60. The van der Waals surface area contributed by atoms with Crippen LogP contribution in [-0.2, 0) is 9.59 Å². The first-order chi connectivity index (χ1) is 14.4. The monoisotopic (exact) mass is 441 g/mol. The third-order valence-corrected chi connectivity index (χ3v) is 4.89. The molecule has 0 aliphatic carbocycles. The molecule has 1 fully saturated rings. The molecule has 0 saturated carbocycles. The van der Waals surface area contributed by atoms with Crippen LogP contribution in [0.15, 0.2) is 76.9 Å². The molecular formula is C23H20N3NaO3S. The molecule has 1 aliphatic rings. The van der Waals surface area contributed by atoms with Gasteiger partial charge in [-0.1, -0.05) is 6.07 Å². The number of carboxylic acids is 1. The zero-order valence-electron chi connectivity index (χ0n) is 17.5. The van der Waals surface area contributed by atoms with Crippen molar-refractivity contribution in [1.82, 2.24) is 9.88 Å². The molecule has 2 N–H and O–H groups in total. The summed E-state index contributed by atoms with van der Waals surface area (Å²) >= 11 is 1.35. The number of amides is 1. The van der Waals surface area contributed by atoms with Crippen LogP contribution < -0.4 is 34.9 Å². The Morgan fingerprint density at radius 1 is 1.19 bits per heavy atom. The number of carboxylic acid groups (broad SMARTS) is 1. The Hall–Kier alpha value is -2.58. The van der Waals surface area contributed by atoms with Gasteiger partial charge in [0, 0.05) is 25.0 Å². The maximum atomic E-state index is 12.2. The second-order valence-electron chi connectivity index (χ2n) is 6.40. The molecule has 6 nitrogen and oxygen atoms in total. The standard InChI is InChI=1S/C21H16N3OS.C2H4O2.Na/c1-15-13-16(9-10-18(15)24-11-5-6-12-24)14-19-20(25)23-21(26-19)22-17-7-3-2-4-8-17;1-2(3)4;/h3-14H,1H3,(H,22,23,25);1H3,(H,3,4);/q-1;;+1/b19-14-;;. The number of nitrogens with zero attached hydrogens (tertiary/aromatic N) is 2. The summed E-state index contributed by atoms with van der Waals surface area (Å²) in [6.45, 7) is 3.15. The van der Waals surface area contributed by atoms with E-state index in [4.69, 9.17) is 9.90 Å². The molecule has 31 heavy (non-hydrogen) atoms. The smallest absolute Gasteiger partial charge is 0.481 e. The molecule has 3 aromatic rings. The van der Waals surface area contributed by atoms with Gasteiger partial charge in [0.2, 0.25) is 0 Å². The topological polar surface area (TPSA) is 83.7 Å².